The first-order valence-electron chi connectivity index (χ1n) is 10.1. The van der Waals surface area contributed by atoms with Crippen LogP contribution in [0.5, 0.6) is 0 Å². The number of piperidine rings is 1. The molecule has 1 aromatic rings. The van der Waals surface area contributed by atoms with Gasteiger partial charge in [-0.05, 0) is 38.6 Å². The summed E-state index contributed by atoms with van der Waals surface area (Å²) in [5.74, 6) is 2.28. The number of anilines is 3. The van der Waals surface area contributed by atoms with Crippen LogP contribution >= 0.6 is 0 Å². The summed E-state index contributed by atoms with van der Waals surface area (Å²) in [5, 5.41) is 3.40. The molecule has 0 bridgehead atoms. The number of rotatable bonds is 9. The normalized spacial score (nSPS) is 18.2. The first kappa shape index (κ1) is 19.1. The molecule has 146 valence electrons. The van der Waals surface area contributed by atoms with Gasteiger partial charge in [0.15, 0.2) is 0 Å². The lowest BCUT2D eigenvalue weighted by Gasteiger charge is -2.30. The van der Waals surface area contributed by atoms with E-state index >= 15 is 0 Å². The van der Waals surface area contributed by atoms with Crippen LogP contribution in [0.15, 0.2) is 0 Å². The molecule has 0 spiro atoms. The molecule has 0 amide bonds. The fourth-order valence-electron chi connectivity index (χ4n) is 3.40. The molecule has 0 saturated carbocycles. The smallest absolute Gasteiger partial charge is 0.232 e. The van der Waals surface area contributed by atoms with Gasteiger partial charge in [0, 0.05) is 32.7 Å². The summed E-state index contributed by atoms with van der Waals surface area (Å²) in [7, 11) is 0. The summed E-state index contributed by atoms with van der Waals surface area (Å²) in [4.78, 5) is 18.6. The van der Waals surface area contributed by atoms with Gasteiger partial charge >= 0.3 is 0 Å². The quantitative estimate of drug-likeness (QED) is 0.640. The highest BCUT2D eigenvalue weighted by Gasteiger charge is 2.20. The predicted octanol–water partition coefficient (Wildman–Crippen LogP) is 1.63. The maximum Gasteiger partial charge on any atom is 0.232 e. The molecule has 0 unspecified atom stereocenters. The first-order valence-corrected chi connectivity index (χ1v) is 10.1. The Morgan fingerprint density at radius 3 is 2.15 bits per heavy atom. The van der Waals surface area contributed by atoms with E-state index < -0.39 is 0 Å². The van der Waals surface area contributed by atoms with Gasteiger partial charge in [0.05, 0.1) is 13.2 Å². The average molecular weight is 364 g/mol. The van der Waals surface area contributed by atoms with Gasteiger partial charge in [0.1, 0.15) is 0 Å². The van der Waals surface area contributed by atoms with Crippen LogP contribution in [0.25, 0.3) is 0 Å². The molecular formula is C18H33N7O. The third-order valence-electron chi connectivity index (χ3n) is 4.96. The molecule has 2 aliphatic rings. The van der Waals surface area contributed by atoms with Crippen LogP contribution in [0.3, 0.4) is 0 Å². The molecule has 26 heavy (non-hydrogen) atoms. The Balaban J connectivity index is 1.65. The fourth-order valence-corrected chi connectivity index (χ4v) is 3.40. The van der Waals surface area contributed by atoms with Gasteiger partial charge in [0.2, 0.25) is 17.8 Å². The second-order valence-corrected chi connectivity index (χ2v) is 7.04. The minimum absolute atomic E-state index is 0.695. The molecule has 3 heterocycles. The van der Waals surface area contributed by atoms with Gasteiger partial charge in [-0.1, -0.05) is 12.8 Å². The highest BCUT2D eigenvalue weighted by molar-refractivity contribution is 5.45. The van der Waals surface area contributed by atoms with E-state index in [1.165, 1.54) is 32.1 Å². The van der Waals surface area contributed by atoms with Crippen LogP contribution in [-0.4, -0.2) is 67.4 Å². The topological polar surface area (TPSA) is 92.4 Å². The first-order chi connectivity index (χ1) is 12.9. The van der Waals surface area contributed by atoms with Gasteiger partial charge in [-0.15, -0.1) is 0 Å². The largest absolute Gasteiger partial charge is 0.378 e. The van der Waals surface area contributed by atoms with E-state index in [0.717, 1.165) is 77.2 Å². The molecule has 1 aromatic heterocycles. The number of nitrogens with two attached hydrogens (primary N) is 1. The molecular weight excluding hydrogens is 330 g/mol. The molecule has 3 rings (SSSR count). The highest BCUT2D eigenvalue weighted by atomic mass is 16.5. The molecule has 0 radical (unpaired) electrons. The van der Waals surface area contributed by atoms with Gasteiger partial charge in [-0.2, -0.15) is 15.0 Å². The van der Waals surface area contributed by atoms with Crippen LogP contribution in [0, 0.1) is 0 Å². The zero-order chi connectivity index (χ0) is 18.0. The molecule has 0 aliphatic carbocycles. The van der Waals surface area contributed by atoms with E-state index in [0.29, 0.717) is 5.95 Å². The predicted molar refractivity (Wildman–Crippen MR) is 105 cm³/mol. The second kappa shape index (κ2) is 10.5. The molecule has 8 nitrogen and oxygen atoms in total. The summed E-state index contributed by atoms with van der Waals surface area (Å²) in [5.41, 5.74) is 5.55. The zero-order valence-electron chi connectivity index (χ0n) is 15.8. The van der Waals surface area contributed by atoms with Crippen molar-refractivity contribution >= 4 is 17.8 Å². The summed E-state index contributed by atoms with van der Waals surface area (Å²) < 4.78 is 5.46. The van der Waals surface area contributed by atoms with E-state index in [1.54, 1.807) is 0 Å². The Labute approximate surface area is 156 Å². The van der Waals surface area contributed by atoms with Crippen LogP contribution in [0.2, 0.25) is 0 Å². The number of aromatic nitrogens is 3. The summed E-state index contributed by atoms with van der Waals surface area (Å²) >= 11 is 0. The Bertz CT molecular complexity index is 494. The van der Waals surface area contributed by atoms with Gasteiger partial charge in [0.25, 0.3) is 0 Å². The van der Waals surface area contributed by atoms with Gasteiger partial charge in [-0.25, -0.2) is 0 Å². The van der Waals surface area contributed by atoms with Crippen molar-refractivity contribution in [3.8, 4) is 0 Å². The number of nitrogens with one attached hydrogen (secondary N) is 1. The Hall–Kier alpha value is -1.67. The van der Waals surface area contributed by atoms with Gasteiger partial charge < -0.3 is 25.6 Å². The van der Waals surface area contributed by atoms with E-state index in [9.17, 15) is 0 Å². The fraction of sp³-hybridized carbons (Fsp3) is 0.833. The van der Waals surface area contributed by atoms with E-state index in [1.807, 2.05) is 0 Å². The lowest BCUT2D eigenvalue weighted by atomic mass is 10.1. The maximum absolute atomic E-state index is 5.55. The van der Waals surface area contributed by atoms with Crippen LogP contribution in [-0.2, 0) is 4.74 Å². The van der Waals surface area contributed by atoms with Crippen LogP contribution in [0.4, 0.5) is 17.8 Å². The zero-order valence-corrected chi connectivity index (χ0v) is 15.8. The minimum Gasteiger partial charge on any atom is -0.378 e. The number of ether oxygens (including phenoxy) is 1. The summed E-state index contributed by atoms with van der Waals surface area (Å²) in [6.45, 7) is 6.86. The van der Waals surface area contributed by atoms with E-state index in [-0.39, 0.29) is 0 Å². The third kappa shape index (κ3) is 5.67. The second-order valence-electron chi connectivity index (χ2n) is 7.04. The van der Waals surface area contributed by atoms with Crippen molar-refractivity contribution in [3.05, 3.63) is 0 Å². The number of nitrogens with zero attached hydrogens (tertiary/aromatic N) is 5. The van der Waals surface area contributed by atoms with Crippen LogP contribution in [0.1, 0.15) is 44.9 Å². The molecule has 2 fully saturated rings. The number of hydrogen-bond acceptors (Lipinski definition) is 8. The van der Waals surface area contributed by atoms with Crippen molar-refractivity contribution in [1.29, 1.82) is 0 Å². The average Bonchev–Trinajstić information content (AvgIpc) is 2.72. The van der Waals surface area contributed by atoms with Crippen LogP contribution < -0.4 is 20.9 Å². The monoisotopic (exact) mass is 363 g/mol. The number of hydrogen-bond donors (Lipinski definition) is 2. The maximum atomic E-state index is 5.55. The lowest BCUT2D eigenvalue weighted by molar-refractivity contribution is 0.122. The molecule has 2 saturated heterocycles. The van der Waals surface area contributed by atoms with Crippen molar-refractivity contribution < 1.29 is 4.74 Å². The van der Waals surface area contributed by atoms with Crippen molar-refractivity contribution in [3.63, 3.8) is 0 Å². The van der Waals surface area contributed by atoms with E-state index in [4.69, 9.17) is 20.4 Å². The van der Waals surface area contributed by atoms with E-state index in [2.05, 4.69) is 20.1 Å². The number of morpholine rings is 1. The highest BCUT2D eigenvalue weighted by Crippen LogP contribution is 2.21. The standard InChI is InChI=1S/C18H33N7O/c19-8-4-1-2-5-9-20-16-21-17(24-10-6-3-7-11-24)23-18(22-16)25-12-14-26-15-13-25/h1-15,19H2,(H,20,21,22,23). The molecule has 3 N–H and O–H groups in total. The lowest BCUT2D eigenvalue weighted by Crippen LogP contribution is -2.38. The van der Waals surface area contributed by atoms with Crippen molar-refractivity contribution in [2.24, 2.45) is 5.73 Å². The SMILES string of the molecule is NCCCCCCNc1nc(N2CCCCC2)nc(N2CCOCC2)n1. The Morgan fingerprint density at radius 1 is 0.808 bits per heavy atom. The minimum atomic E-state index is 0.695. The molecule has 0 atom stereocenters. The Morgan fingerprint density at radius 2 is 1.46 bits per heavy atom. The molecule has 2 aliphatic heterocycles. The third-order valence-corrected chi connectivity index (χ3v) is 4.96. The Kier molecular flexibility index (Phi) is 7.69. The summed E-state index contributed by atoms with van der Waals surface area (Å²) in [6, 6.07) is 0. The summed E-state index contributed by atoms with van der Waals surface area (Å²) in [6.07, 6.45) is 8.30. The molecule has 8 heteroatoms. The van der Waals surface area contributed by atoms with Crippen molar-refractivity contribution in [2.75, 3.05) is 67.6 Å². The number of unbranched alkanes of at least 4 members (excludes halogenated alkanes) is 3. The van der Waals surface area contributed by atoms with Gasteiger partial charge in [-0.3, -0.25) is 0 Å². The van der Waals surface area contributed by atoms with Crippen molar-refractivity contribution in [2.45, 2.75) is 44.9 Å². The van der Waals surface area contributed by atoms with Crippen molar-refractivity contribution in [1.82, 2.24) is 15.0 Å². The molecule has 0 aromatic carbocycles.